The van der Waals surface area contributed by atoms with Gasteiger partial charge in [0.2, 0.25) is 5.91 Å². The van der Waals surface area contributed by atoms with E-state index in [0.717, 1.165) is 34.9 Å². The van der Waals surface area contributed by atoms with Crippen LogP contribution in [-0.2, 0) is 22.3 Å². The normalized spacial score (nSPS) is 18.0. The number of rotatable bonds is 9. The van der Waals surface area contributed by atoms with Gasteiger partial charge in [0.05, 0.1) is 18.2 Å². The van der Waals surface area contributed by atoms with Gasteiger partial charge in [0.1, 0.15) is 11.6 Å². The first-order valence-corrected chi connectivity index (χ1v) is 14.5. The number of carbonyl (C=O) groups is 3. The molecular formula is C32H33F3N4O4S. The molecule has 0 aromatic heterocycles. The third-order valence-electron chi connectivity index (χ3n) is 7.22. The van der Waals surface area contributed by atoms with E-state index in [1.165, 1.54) is 6.07 Å². The van der Waals surface area contributed by atoms with E-state index in [9.17, 15) is 27.6 Å². The summed E-state index contributed by atoms with van der Waals surface area (Å²) in [7, 11) is 0. The summed E-state index contributed by atoms with van der Waals surface area (Å²) >= 11 is 5.62. The molecule has 3 unspecified atom stereocenters. The van der Waals surface area contributed by atoms with Gasteiger partial charge in [-0.3, -0.25) is 9.59 Å². The van der Waals surface area contributed by atoms with Crippen LogP contribution in [0.5, 0.6) is 0 Å². The van der Waals surface area contributed by atoms with Crippen molar-refractivity contribution in [1.82, 2.24) is 21.3 Å². The number of nitrogens with one attached hydrogen (secondary N) is 4. The van der Waals surface area contributed by atoms with Crippen molar-refractivity contribution in [3.8, 4) is 0 Å². The minimum atomic E-state index is -4.60. The summed E-state index contributed by atoms with van der Waals surface area (Å²) in [5, 5.41) is 11.4. The highest BCUT2D eigenvalue weighted by molar-refractivity contribution is 7.80. The van der Waals surface area contributed by atoms with Crippen LogP contribution >= 0.6 is 12.2 Å². The van der Waals surface area contributed by atoms with Gasteiger partial charge in [-0.25, -0.2) is 4.79 Å². The van der Waals surface area contributed by atoms with Gasteiger partial charge in [-0.15, -0.1) is 0 Å². The Bertz CT molecular complexity index is 1470. The van der Waals surface area contributed by atoms with Crippen LogP contribution in [0, 0.1) is 6.92 Å². The molecule has 4 N–H and O–H groups in total. The zero-order valence-corrected chi connectivity index (χ0v) is 24.8. The van der Waals surface area contributed by atoms with Gasteiger partial charge in [-0.2, -0.15) is 13.2 Å². The number of hydrogen-bond donors (Lipinski definition) is 4. The SMILES string of the molecule is Cc1ccc(C(=S)NC2CCC(NC(=O)OCc3ccccc3)CC2NC(=O)CNC(=O)c2cccc(C(F)(F)F)c2)cc1. The molecule has 44 heavy (non-hydrogen) atoms. The van der Waals surface area contributed by atoms with Gasteiger partial charge in [0, 0.05) is 23.2 Å². The second-order valence-corrected chi connectivity index (χ2v) is 11.0. The maximum Gasteiger partial charge on any atom is 0.416 e. The zero-order chi connectivity index (χ0) is 31.7. The van der Waals surface area contributed by atoms with E-state index >= 15 is 0 Å². The fourth-order valence-electron chi connectivity index (χ4n) is 4.88. The van der Waals surface area contributed by atoms with Crippen LogP contribution in [0.4, 0.5) is 18.0 Å². The maximum atomic E-state index is 13.0. The zero-order valence-electron chi connectivity index (χ0n) is 23.9. The Labute approximate surface area is 258 Å². The highest BCUT2D eigenvalue weighted by atomic mass is 32.1. The minimum Gasteiger partial charge on any atom is -0.445 e. The van der Waals surface area contributed by atoms with E-state index in [4.69, 9.17) is 17.0 Å². The fourth-order valence-corrected chi connectivity index (χ4v) is 5.17. The summed E-state index contributed by atoms with van der Waals surface area (Å²) in [6.45, 7) is 1.62. The Morgan fingerprint density at radius 1 is 0.864 bits per heavy atom. The predicted molar refractivity (Wildman–Crippen MR) is 163 cm³/mol. The lowest BCUT2D eigenvalue weighted by Gasteiger charge is -2.37. The number of carbonyl (C=O) groups excluding carboxylic acids is 3. The molecule has 0 radical (unpaired) electrons. The van der Waals surface area contributed by atoms with Crippen molar-refractivity contribution in [2.75, 3.05) is 6.54 Å². The van der Waals surface area contributed by atoms with Crippen molar-refractivity contribution in [3.63, 3.8) is 0 Å². The van der Waals surface area contributed by atoms with Crippen LogP contribution in [0.15, 0.2) is 78.9 Å². The highest BCUT2D eigenvalue weighted by Gasteiger charge is 2.34. The molecule has 0 bridgehead atoms. The van der Waals surface area contributed by atoms with Gasteiger partial charge in [0.25, 0.3) is 5.91 Å². The molecule has 0 heterocycles. The number of thiocarbonyl (C=S) groups is 1. The third-order valence-corrected chi connectivity index (χ3v) is 7.58. The quantitative estimate of drug-likeness (QED) is 0.248. The Hall–Kier alpha value is -4.45. The first-order valence-electron chi connectivity index (χ1n) is 14.1. The molecule has 12 heteroatoms. The van der Waals surface area contributed by atoms with Crippen molar-refractivity contribution >= 4 is 35.1 Å². The molecule has 1 aliphatic rings. The second-order valence-electron chi connectivity index (χ2n) is 10.6. The lowest BCUT2D eigenvalue weighted by molar-refractivity contribution is -0.137. The monoisotopic (exact) mass is 626 g/mol. The molecule has 4 rings (SSSR count). The lowest BCUT2D eigenvalue weighted by Crippen LogP contribution is -2.58. The third kappa shape index (κ3) is 9.53. The topological polar surface area (TPSA) is 109 Å². The number of ether oxygens (including phenoxy) is 1. The largest absolute Gasteiger partial charge is 0.445 e. The fraction of sp³-hybridized carbons (Fsp3) is 0.312. The van der Waals surface area contributed by atoms with Gasteiger partial charge in [-0.1, -0.05) is 78.4 Å². The summed E-state index contributed by atoms with van der Waals surface area (Å²) in [4.78, 5) is 38.4. The molecule has 232 valence electrons. The van der Waals surface area contributed by atoms with Crippen molar-refractivity contribution in [2.24, 2.45) is 0 Å². The molecule has 0 saturated heterocycles. The van der Waals surface area contributed by atoms with Crippen LogP contribution in [-0.4, -0.2) is 47.6 Å². The average Bonchev–Trinajstić information content (AvgIpc) is 3.00. The Kier molecular flexibility index (Phi) is 10.9. The van der Waals surface area contributed by atoms with Gasteiger partial charge < -0.3 is 26.0 Å². The van der Waals surface area contributed by atoms with Crippen LogP contribution in [0.25, 0.3) is 0 Å². The van der Waals surface area contributed by atoms with E-state index in [2.05, 4.69) is 21.3 Å². The van der Waals surface area contributed by atoms with Crippen molar-refractivity contribution < 1.29 is 32.3 Å². The van der Waals surface area contributed by atoms with E-state index in [-0.39, 0.29) is 24.3 Å². The van der Waals surface area contributed by atoms with Crippen LogP contribution in [0.2, 0.25) is 0 Å². The smallest absolute Gasteiger partial charge is 0.416 e. The predicted octanol–water partition coefficient (Wildman–Crippen LogP) is 5.04. The standard InChI is InChI=1S/C32H33F3N4O4S/c1-20-10-12-22(13-11-20)30(44)39-26-15-14-25(37-31(42)43-19-21-6-3-2-4-7-21)17-27(26)38-28(40)18-36-29(41)23-8-5-9-24(16-23)32(33,34)35/h2-13,16,25-27H,14-15,17-19H2,1H3,(H,36,41)(H,37,42)(H,38,40)(H,39,44). The van der Waals surface area contributed by atoms with Crippen LogP contribution in [0.1, 0.15) is 51.9 Å². The Balaban J connectivity index is 1.37. The van der Waals surface area contributed by atoms with E-state index in [1.54, 1.807) is 0 Å². The number of hydrogen-bond acceptors (Lipinski definition) is 5. The Morgan fingerprint density at radius 2 is 1.59 bits per heavy atom. The number of halogens is 3. The Morgan fingerprint density at radius 3 is 2.30 bits per heavy atom. The summed E-state index contributed by atoms with van der Waals surface area (Å²) in [6, 6.07) is 19.8. The molecule has 1 fully saturated rings. The molecule has 3 aromatic carbocycles. The first-order chi connectivity index (χ1) is 21.0. The minimum absolute atomic E-state index is 0.111. The molecule has 1 saturated carbocycles. The van der Waals surface area contributed by atoms with Crippen LogP contribution < -0.4 is 21.3 Å². The van der Waals surface area contributed by atoms with Gasteiger partial charge >= 0.3 is 12.3 Å². The highest BCUT2D eigenvalue weighted by Crippen LogP contribution is 2.29. The molecule has 3 aromatic rings. The molecule has 0 spiro atoms. The number of alkyl carbamates (subject to hydrolysis) is 1. The van der Waals surface area contributed by atoms with E-state index in [0.29, 0.717) is 24.3 Å². The molecule has 1 aliphatic carbocycles. The van der Waals surface area contributed by atoms with Crippen molar-refractivity contribution in [1.29, 1.82) is 0 Å². The summed E-state index contributed by atoms with van der Waals surface area (Å²) in [6.07, 6.45) is -3.69. The van der Waals surface area contributed by atoms with Crippen molar-refractivity contribution in [2.45, 2.75) is 57.1 Å². The maximum absolute atomic E-state index is 13.0. The number of benzene rings is 3. The first kappa shape index (κ1) is 32.5. The van der Waals surface area contributed by atoms with Crippen molar-refractivity contribution in [3.05, 3.63) is 107 Å². The summed E-state index contributed by atoms with van der Waals surface area (Å²) in [5.74, 6) is -1.36. The number of alkyl halides is 3. The lowest BCUT2D eigenvalue weighted by atomic mass is 9.86. The molecular weight excluding hydrogens is 593 g/mol. The number of amides is 3. The molecule has 8 nitrogen and oxygen atoms in total. The van der Waals surface area contributed by atoms with Crippen LogP contribution in [0.3, 0.4) is 0 Å². The van der Waals surface area contributed by atoms with Gasteiger partial charge in [-0.05, 0) is 49.9 Å². The van der Waals surface area contributed by atoms with E-state index in [1.807, 2.05) is 61.5 Å². The number of aryl methyl sites for hydroxylation is 1. The molecule has 3 amide bonds. The van der Waals surface area contributed by atoms with E-state index < -0.39 is 42.2 Å². The average molecular weight is 627 g/mol. The molecule has 0 aliphatic heterocycles. The second kappa shape index (κ2) is 14.8. The summed E-state index contributed by atoms with van der Waals surface area (Å²) < 4.78 is 44.5. The van der Waals surface area contributed by atoms with Gasteiger partial charge in [0.15, 0.2) is 0 Å². The summed E-state index contributed by atoms with van der Waals surface area (Å²) in [5.41, 5.74) is 1.56. The molecule has 3 atom stereocenters.